The molecule has 0 radical (unpaired) electrons. The monoisotopic (exact) mass is 201 g/mol. The van der Waals surface area contributed by atoms with E-state index in [0.717, 1.165) is 0 Å². The minimum absolute atomic E-state index is 0.121. The Morgan fingerprint density at radius 2 is 2.36 bits per heavy atom. The standard InChI is InChI=1S/C8H15N3O3/c1-11(3-4-12)5-8-9-7(6-13-2)10-14-8/h12H,3-6H2,1-2H3. The van der Waals surface area contributed by atoms with Crippen molar-refractivity contribution in [2.75, 3.05) is 27.3 Å². The van der Waals surface area contributed by atoms with Crippen LogP contribution in [-0.2, 0) is 17.9 Å². The molecule has 6 nitrogen and oxygen atoms in total. The summed E-state index contributed by atoms with van der Waals surface area (Å²) in [6.07, 6.45) is 0. The molecule has 0 saturated heterocycles. The van der Waals surface area contributed by atoms with Crippen molar-refractivity contribution in [3.63, 3.8) is 0 Å². The Labute approximate surface area is 82.5 Å². The lowest BCUT2D eigenvalue weighted by molar-refractivity contribution is 0.174. The van der Waals surface area contributed by atoms with Crippen molar-refractivity contribution < 1.29 is 14.4 Å². The number of aliphatic hydroxyl groups excluding tert-OH is 1. The number of ether oxygens (including phenoxy) is 1. The topological polar surface area (TPSA) is 71.6 Å². The Kier molecular flexibility index (Phi) is 4.51. The summed E-state index contributed by atoms with van der Waals surface area (Å²) in [5, 5.41) is 12.4. The molecule has 0 amide bonds. The van der Waals surface area contributed by atoms with E-state index >= 15 is 0 Å². The molecule has 0 saturated carbocycles. The molecule has 0 aromatic carbocycles. The molecule has 6 heteroatoms. The first-order chi connectivity index (χ1) is 6.76. The first-order valence-electron chi connectivity index (χ1n) is 4.36. The van der Waals surface area contributed by atoms with Crippen molar-refractivity contribution in [2.24, 2.45) is 0 Å². The summed E-state index contributed by atoms with van der Waals surface area (Å²) in [6.45, 7) is 1.60. The first-order valence-corrected chi connectivity index (χ1v) is 4.36. The van der Waals surface area contributed by atoms with Gasteiger partial charge in [-0.2, -0.15) is 4.98 Å². The number of hydrogen-bond donors (Lipinski definition) is 1. The molecule has 1 aromatic rings. The minimum Gasteiger partial charge on any atom is -0.395 e. The van der Waals surface area contributed by atoms with Gasteiger partial charge in [0.2, 0.25) is 5.89 Å². The first kappa shape index (κ1) is 11.1. The van der Waals surface area contributed by atoms with E-state index in [2.05, 4.69) is 10.1 Å². The Balaban J connectivity index is 2.42. The van der Waals surface area contributed by atoms with Gasteiger partial charge in [0, 0.05) is 13.7 Å². The molecule has 1 N–H and O–H groups in total. The summed E-state index contributed by atoms with van der Waals surface area (Å²) in [6, 6.07) is 0. The zero-order chi connectivity index (χ0) is 10.4. The van der Waals surface area contributed by atoms with Gasteiger partial charge in [-0.25, -0.2) is 0 Å². The summed E-state index contributed by atoms with van der Waals surface area (Å²) in [5.41, 5.74) is 0. The van der Waals surface area contributed by atoms with Gasteiger partial charge >= 0.3 is 0 Å². The predicted molar refractivity (Wildman–Crippen MR) is 48.4 cm³/mol. The van der Waals surface area contributed by atoms with Crippen molar-refractivity contribution in [3.05, 3.63) is 11.7 Å². The largest absolute Gasteiger partial charge is 0.395 e. The van der Waals surface area contributed by atoms with Crippen molar-refractivity contribution in [3.8, 4) is 0 Å². The van der Waals surface area contributed by atoms with Gasteiger partial charge in [0.05, 0.1) is 13.2 Å². The van der Waals surface area contributed by atoms with Gasteiger partial charge < -0.3 is 14.4 Å². The summed E-state index contributed by atoms with van der Waals surface area (Å²) in [5.74, 6) is 1.08. The maximum atomic E-state index is 8.68. The number of nitrogens with zero attached hydrogens (tertiary/aromatic N) is 3. The molecule has 0 atom stereocenters. The number of methoxy groups -OCH3 is 1. The summed E-state index contributed by atoms with van der Waals surface area (Å²) in [4.78, 5) is 5.99. The summed E-state index contributed by atoms with van der Waals surface area (Å²) in [7, 11) is 3.45. The third-order valence-electron chi connectivity index (χ3n) is 1.67. The summed E-state index contributed by atoms with van der Waals surface area (Å²) < 4.78 is 9.82. The van der Waals surface area contributed by atoms with Crippen LogP contribution >= 0.6 is 0 Å². The van der Waals surface area contributed by atoms with E-state index in [-0.39, 0.29) is 6.61 Å². The van der Waals surface area contributed by atoms with Gasteiger partial charge in [-0.1, -0.05) is 5.16 Å². The Morgan fingerprint density at radius 3 is 3.00 bits per heavy atom. The molecule has 0 unspecified atom stereocenters. The van der Waals surface area contributed by atoms with Crippen molar-refractivity contribution >= 4 is 0 Å². The third kappa shape index (κ3) is 3.41. The average Bonchev–Trinajstić information content (AvgIpc) is 2.53. The van der Waals surface area contributed by atoms with E-state index in [1.165, 1.54) is 0 Å². The molecule has 80 valence electrons. The van der Waals surface area contributed by atoms with Crippen LogP contribution in [0.4, 0.5) is 0 Å². The molecule has 1 heterocycles. The van der Waals surface area contributed by atoms with E-state index in [0.29, 0.717) is 31.4 Å². The smallest absolute Gasteiger partial charge is 0.240 e. The van der Waals surface area contributed by atoms with Gasteiger partial charge in [-0.3, -0.25) is 4.90 Å². The van der Waals surface area contributed by atoms with Crippen molar-refractivity contribution in [2.45, 2.75) is 13.2 Å². The molecule has 0 bridgehead atoms. The quantitative estimate of drug-likeness (QED) is 0.677. The van der Waals surface area contributed by atoms with Gasteiger partial charge in [-0.05, 0) is 7.05 Å². The lowest BCUT2D eigenvalue weighted by Crippen LogP contribution is -2.21. The lowest BCUT2D eigenvalue weighted by Gasteiger charge is -2.10. The molecule has 14 heavy (non-hydrogen) atoms. The van der Waals surface area contributed by atoms with Gasteiger partial charge in [0.25, 0.3) is 0 Å². The molecule has 0 spiro atoms. The van der Waals surface area contributed by atoms with E-state index in [1.54, 1.807) is 7.11 Å². The number of rotatable bonds is 6. The maximum Gasteiger partial charge on any atom is 0.240 e. The van der Waals surface area contributed by atoms with Crippen LogP contribution in [0.2, 0.25) is 0 Å². The van der Waals surface area contributed by atoms with Crippen LogP contribution in [0.1, 0.15) is 11.7 Å². The van der Waals surface area contributed by atoms with Crippen LogP contribution in [0, 0.1) is 0 Å². The molecular weight excluding hydrogens is 186 g/mol. The maximum absolute atomic E-state index is 8.68. The normalized spacial score (nSPS) is 11.1. The van der Waals surface area contributed by atoms with Crippen molar-refractivity contribution in [1.29, 1.82) is 0 Å². The third-order valence-corrected chi connectivity index (χ3v) is 1.67. The van der Waals surface area contributed by atoms with Crippen LogP contribution in [0.15, 0.2) is 4.52 Å². The molecular formula is C8H15N3O3. The number of hydrogen-bond acceptors (Lipinski definition) is 6. The van der Waals surface area contributed by atoms with E-state index < -0.39 is 0 Å². The Bertz CT molecular complexity index is 264. The predicted octanol–water partition coefficient (Wildman–Crippen LogP) is -0.360. The zero-order valence-corrected chi connectivity index (χ0v) is 8.43. The highest BCUT2D eigenvalue weighted by Crippen LogP contribution is 2.01. The minimum atomic E-state index is 0.121. The van der Waals surface area contributed by atoms with Crippen LogP contribution in [-0.4, -0.2) is 47.5 Å². The average molecular weight is 201 g/mol. The van der Waals surface area contributed by atoms with Crippen LogP contribution in [0.25, 0.3) is 0 Å². The Morgan fingerprint density at radius 1 is 1.57 bits per heavy atom. The van der Waals surface area contributed by atoms with Crippen LogP contribution < -0.4 is 0 Å². The van der Waals surface area contributed by atoms with E-state index in [9.17, 15) is 0 Å². The molecule has 1 rings (SSSR count). The van der Waals surface area contributed by atoms with Gasteiger partial charge in [0.15, 0.2) is 5.82 Å². The fourth-order valence-electron chi connectivity index (χ4n) is 1.02. The van der Waals surface area contributed by atoms with E-state index in [1.807, 2.05) is 11.9 Å². The molecule has 0 aliphatic heterocycles. The molecule has 0 fully saturated rings. The second-order valence-electron chi connectivity index (χ2n) is 3.00. The fraction of sp³-hybridized carbons (Fsp3) is 0.750. The SMILES string of the molecule is COCc1noc(CN(C)CCO)n1. The van der Waals surface area contributed by atoms with Gasteiger partial charge in [0.1, 0.15) is 6.61 Å². The molecule has 0 aliphatic rings. The lowest BCUT2D eigenvalue weighted by atomic mass is 10.5. The zero-order valence-electron chi connectivity index (χ0n) is 8.43. The highest BCUT2D eigenvalue weighted by atomic mass is 16.5. The van der Waals surface area contributed by atoms with Crippen molar-refractivity contribution in [1.82, 2.24) is 15.0 Å². The Hall–Kier alpha value is -0.980. The fourth-order valence-corrected chi connectivity index (χ4v) is 1.02. The highest BCUT2D eigenvalue weighted by molar-refractivity contribution is 4.84. The summed E-state index contributed by atoms with van der Waals surface area (Å²) >= 11 is 0. The molecule has 1 aromatic heterocycles. The number of likely N-dealkylation sites (N-methyl/N-ethyl adjacent to an activating group) is 1. The highest BCUT2D eigenvalue weighted by Gasteiger charge is 2.07. The second-order valence-corrected chi connectivity index (χ2v) is 3.00. The van der Waals surface area contributed by atoms with E-state index in [4.69, 9.17) is 14.4 Å². The number of aliphatic hydroxyl groups is 1. The van der Waals surface area contributed by atoms with Crippen LogP contribution in [0.5, 0.6) is 0 Å². The number of aromatic nitrogens is 2. The second kappa shape index (κ2) is 5.69. The molecule has 0 aliphatic carbocycles. The van der Waals surface area contributed by atoms with Crippen LogP contribution in [0.3, 0.4) is 0 Å². The van der Waals surface area contributed by atoms with Gasteiger partial charge in [-0.15, -0.1) is 0 Å².